The van der Waals surface area contributed by atoms with E-state index in [1.54, 1.807) is 0 Å². The summed E-state index contributed by atoms with van der Waals surface area (Å²) in [5.74, 6) is 1.43. The van der Waals surface area contributed by atoms with E-state index in [9.17, 15) is 4.79 Å². The molecule has 0 fully saturated rings. The Labute approximate surface area is 148 Å². The molecule has 0 radical (unpaired) electrons. The highest BCUT2D eigenvalue weighted by atomic mass is 16.5. The van der Waals surface area contributed by atoms with Gasteiger partial charge in [-0.1, -0.05) is 43.3 Å². The minimum Gasteiger partial charge on any atom is -0.465 e. The first-order chi connectivity index (χ1) is 12.0. The van der Waals surface area contributed by atoms with Crippen molar-refractivity contribution in [3.8, 4) is 0 Å². The smallest absolute Gasteiger partial charge is 0.327 e. The van der Waals surface area contributed by atoms with Crippen LogP contribution in [0.15, 0.2) is 28.8 Å². The van der Waals surface area contributed by atoms with E-state index in [1.807, 2.05) is 19.1 Å². The number of ether oxygens (including phenoxy) is 1. The van der Waals surface area contributed by atoms with Crippen LogP contribution in [0.4, 0.5) is 0 Å². The lowest BCUT2D eigenvalue weighted by Gasteiger charge is -2.27. The Morgan fingerprint density at radius 2 is 2.00 bits per heavy atom. The van der Waals surface area contributed by atoms with Gasteiger partial charge in [0.05, 0.1) is 13.2 Å². The average molecular weight is 343 g/mol. The third kappa shape index (κ3) is 3.90. The van der Waals surface area contributed by atoms with Crippen molar-refractivity contribution in [3.05, 3.63) is 47.1 Å². The summed E-state index contributed by atoms with van der Waals surface area (Å²) in [4.78, 5) is 17.1. The molecule has 0 saturated carbocycles. The molecule has 2 aromatic rings. The van der Waals surface area contributed by atoms with E-state index >= 15 is 0 Å². The van der Waals surface area contributed by atoms with Crippen molar-refractivity contribution >= 4 is 5.97 Å². The van der Waals surface area contributed by atoms with Crippen LogP contribution in [0.1, 0.15) is 43.6 Å². The summed E-state index contributed by atoms with van der Waals surface area (Å²) < 4.78 is 10.7. The lowest BCUT2D eigenvalue weighted by atomic mass is 9.95. The summed E-state index contributed by atoms with van der Waals surface area (Å²) in [5, 5.41) is 7.34. The summed E-state index contributed by atoms with van der Waals surface area (Å²) in [6, 6.07) is 8.11. The van der Waals surface area contributed by atoms with E-state index in [0.29, 0.717) is 43.6 Å². The molecular weight excluding hydrogens is 318 g/mol. The molecule has 1 heterocycles. The van der Waals surface area contributed by atoms with E-state index in [1.165, 1.54) is 11.1 Å². The molecule has 1 aliphatic carbocycles. The molecule has 0 spiro atoms. The lowest BCUT2D eigenvalue weighted by Crippen LogP contribution is -2.53. The van der Waals surface area contributed by atoms with E-state index in [0.717, 1.165) is 6.42 Å². The fourth-order valence-corrected chi connectivity index (χ4v) is 3.28. The Kier molecular flexibility index (Phi) is 5.18. The van der Waals surface area contributed by atoms with Crippen LogP contribution < -0.4 is 5.32 Å². The van der Waals surface area contributed by atoms with Gasteiger partial charge in [-0.05, 0) is 24.0 Å². The number of nitrogens with zero attached hydrogens (tertiary/aromatic N) is 2. The topological polar surface area (TPSA) is 77.2 Å². The van der Waals surface area contributed by atoms with E-state index in [2.05, 4.69) is 41.4 Å². The maximum absolute atomic E-state index is 12.7. The quantitative estimate of drug-likeness (QED) is 0.778. The zero-order chi connectivity index (χ0) is 17.9. The van der Waals surface area contributed by atoms with Crippen molar-refractivity contribution in [2.24, 2.45) is 5.92 Å². The molecule has 1 aromatic heterocycles. The van der Waals surface area contributed by atoms with Crippen LogP contribution in [0.3, 0.4) is 0 Å². The van der Waals surface area contributed by atoms with Crippen LogP contribution in [0.25, 0.3) is 0 Å². The zero-order valence-corrected chi connectivity index (χ0v) is 15.0. The average Bonchev–Trinajstić information content (AvgIpc) is 3.17. The van der Waals surface area contributed by atoms with Crippen LogP contribution in [0.5, 0.6) is 0 Å². The van der Waals surface area contributed by atoms with Crippen molar-refractivity contribution in [1.29, 1.82) is 0 Å². The predicted molar refractivity (Wildman–Crippen MR) is 92.9 cm³/mol. The molecule has 1 aliphatic rings. The maximum atomic E-state index is 12.7. The van der Waals surface area contributed by atoms with Gasteiger partial charge in [-0.2, -0.15) is 4.98 Å². The highest BCUT2D eigenvalue weighted by molar-refractivity contribution is 5.83. The molecule has 0 unspecified atom stereocenters. The monoisotopic (exact) mass is 343 g/mol. The first-order valence-electron chi connectivity index (χ1n) is 8.83. The molecule has 1 aromatic carbocycles. The molecule has 25 heavy (non-hydrogen) atoms. The number of hydrogen-bond donors (Lipinski definition) is 1. The van der Waals surface area contributed by atoms with Gasteiger partial charge < -0.3 is 9.26 Å². The number of hydrogen-bond acceptors (Lipinski definition) is 6. The number of benzene rings is 1. The first-order valence-corrected chi connectivity index (χ1v) is 8.83. The SMILES string of the molecule is CCOC(=O)C1(NCc2nc(CC(C)C)no2)Cc2ccccc2C1. The molecule has 0 atom stereocenters. The van der Waals surface area contributed by atoms with Crippen LogP contribution in [0, 0.1) is 5.92 Å². The molecule has 3 rings (SSSR count). The molecule has 0 amide bonds. The number of aromatic nitrogens is 2. The van der Waals surface area contributed by atoms with Crippen molar-refractivity contribution < 1.29 is 14.1 Å². The molecule has 134 valence electrons. The van der Waals surface area contributed by atoms with Gasteiger partial charge in [0.2, 0.25) is 5.89 Å². The number of fused-ring (bicyclic) bond motifs is 1. The lowest BCUT2D eigenvalue weighted by molar-refractivity contribution is -0.151. The molecular formula is C19H25N3O3. The van der Waals surface area contributed by atoms with Crippen molar-refractivity contribution in [1.82, 2.24) is 15.5 Å². The van der Waals surface area contributed by atoms with Crippen molar-refractivity contribution in [3.63, 3.8) is 0 Å². The van der Waals surface area contributed by atoms with Crippen LogP contribution in [0.2, 0.25) is 0 Å². The zero-order valence-electron chi connectivity index (χ0n) is 15.0. The highest BCUT2D eigenvalue weighted by Gasteiger charge is 2.45. The fourth-order valence-electron chi connectivity index (χ4n) is 3.28. The molecule has 0 saturated heterocycles. The van der Waals surface area contributed by atoms with Gasteiger partial charge in [0.1, 0.15) is 5.54 Å². The number of carbonyl (C=O) groups excluding carboxylic acids is 1. The first kappa shape index (κ1) is 17.6. The molecule has 0 bridgehead atoms. The van der Waals surface area contributed by atoms with E-state index < -0.39 is 5.54 Å². The van der Waals surface area contributed by atoms with Gasteiger partial charge in [-0.25, -0.2) is 0 Å². The second-order valence-electron chi connectivity index (χ2n) is 6.98. The van der Waals surface area contributed by atoms with Crippen LogP contribution in [-0.2, 0) is 35.3 Å². The van der Waals surface area contributed by atoms with E-state index in [-0.39, 0.29) is 5.97 Å². The van der Waals surface area contributed by atoms with Crippen molar-refractivity contribution in [2.45, 2.75) is 52.1 Å². The second-order valence-corrected chi connectivity index (χ2v) is 6.98. The number of carbonyl (C=O) groups is 1. The maximum Gasteiger partial charge on any atom is 0.327 e. The number of rotatable bonds is 7. The summed E-state index contributed by atoms with van der Waals surface area (Å²) in [7, 11) is 0. The summed E-state index contributed by atoms with van der Waals surface area (Å²) in [6.45, 7) is 6.75. The van der Waals surface area contributed by atoms with Gasteiger partial charge in [0.25, 0.3) is 0 Å². The summed E-state index contributed by atoms with van der Waals surface area (Å²) in [6.07, 6.45) is 1.99. The minimum atomic E-state index is -0.771. The van der Waals surface area contributed by atoms with Crippen LogP contribution in [-0.4, -0.2) is 28.3 Å². The normalized spacial score (nSPS) is 15.4. The number of esters is 1. The minimum absolute atomic E-state index is 0.229. The van der Waals surface area contributed by atoms with Gasteiger partial charge in [0, 0.05) is 19.3 Å². The van der Waals surface area contributed by atoms with Gasteiger partial charge in [0.15, 0.2) is 5.82 Å². The summed E-state index contributed by atoms with van der Waals surface area (Å²) >= 11 is 0. The Hall–Kier alpha value is -2.21. The Morgan fingerprint density at radius 3 is 2.60 bits per heavy atom. The Balaban J connectivity index is 1.73. The predicted octanol–water partition coefficient (Wildman–Crippen LogP) is 2.46. The van der Waals surface area contributed by atoms with Gasteiger partial charge in [-0.3, -0.25) is 10.1 Å². The number of nitrogens with one attached hydrogen (secondary N) is 1. The standard InChI is InChI=1S/C19H25N3O3/c1-4-24-18(23)19(10-14-7-5-6-8-15(14)11-19)20-12-17-21-16(22-25-17)9-13(2)3/h5-8,13,20H,4,9-12H2,1-3H3. The largest absolute Gasteiger partial charge is 0.465 e. The molecule has 6 heteroatoms. The molecule has 1 N–H and O–H groups in total. The van der Waals surface area contributed by atoms with Gasteiger partial charge in [-0.15, -0.1) is 0 Å². The Bertz CT molecular complexity index is 714. The third-order valence-electron chi connectivity index (χ3n) is 4.45. The summed E-state index contributed by atoms with van der Waals surface area (Å²) in [5.41, 5.74) is 1.58. The Morgan fingerprint density at radius 1 is 1.32 bits per heavy atom. The molecule has 0 aliphatic heterocycles. The molecule has 6 nitrogen and oxygen atoms in total. The highest BCUT2D eigenvalue weighted by Crippen LogP contribution is 2.31. The van der Waals surface area contributed by atoms with Gasteiger partial charge >= 0.3 is 5.97 Å². The fraction of sp³-hybridized carbons (Fsp3) is 0.526. The van der Waals surface area contributed by atoms with Crippen LogP contribution >= 0.6 is 0 Å². The third-order valence-corrected chi connectivity index (χ3v) is 4.45. The van der Waals surface area contributed by atoms with E-state index in [4.69, 9.17) is 9.26 Å². The van der Waals surface area contributed by atoms with Crippen molar-refractivity contribution in [2.75, 3.05) is 6.61 Å². The second kappa shape index (κ2) is 7.35.